The minimum Gasteiger partial charge on any atom is -0.494 e. The zero-order valence-corrected chi connectivity index (χ0v) is 19.4. The Morgan fingerprint density at radius 2 is 1.88 bits per heavy atom. The second-order valence-corrected chi connectivity index (χ2v) is 8.40. The SMILES string of the molecule is CCCCOc1ccc(C(=O)N(CCC(=O)N2CCNCC2)Cc2cccc(Cl)c2)cc1. The maximum Gasteiger partial charge on any atom is 0.254 e. The monoisotopic (exact) mass is 457 g/mol. The van der Waals surface area contributed by atoms with E-state index in [1.54, 1.807) is 17.0 Å². The third kappa shape index (κ3) is 7.24. The van der Waals surface area contributed by atoms with Gasteiger partial charge >= 0.3 is 0 Å². The van der Waals surface area contributed by atoms with Crippen molar-refractivity contribution in [2.75, 3.05) is 39.3 Å². The lowest BCUT2D eigenvalue weighted by Crippen LogP contribution is -2.47. The van der Waals surface area contributed by atoms with Crippen LogP contribution >= 0.6 is 11.6 Å². The number of ether oxygens (including phenoxy) is 1. The third-order valence-electron chi connectivity index (χ3n) is 5.48. The number of amides is 2. The predicted octanol–water partition coefficient (Wildman–Crippen LogP) is 3.98. The van der Waals surface area contributed by atoms with Gasteiger partial charge in [-0.2, -0.15) is 0 Å². The Hall–Kier alpha value is -2.57. The van der Waals surface area contributed by atoms with E-state index in [2.05, 4.69) is 12.2 Å². The Kier molecular flexibility index (Phi) is 9.38. The van der Waals surface area contributed by atoms with Crippen LogP contribution in [0, 0.1) is 0 Å². The van der Waals surface area contributed by atoms with E-state index in [-0.39, 0.29) is 11.8 Å². The lowest BCUT2D eigenvalue weighted by Gasteiger charge is -2.29. The molecule has 3 rings (SSSR count). The molecule has 172 valence electrons. The summed E-state index contributed by atoms with van der Waals surface area (Å²) in [7, 11) is 0. The summed E-state index contributed by atoms with van der Waals surface area (Å²) in [6, 6.07) is 14.7. The van der Waals surface area contributed by atoms with Crippen molar-refractivity contribution >= 4 is 23.4 Å². The molecule has 6 nitrogen and oxygen atoms in total. The summed E-state index contributed by atoms with van der Waals surface area (Å²) in [4.78, 5) is 29.6. The van der Waals surface area contributed by atoms with Gasteiger partial charge in [0.1, 0.15) is 5.75 Å². The summed E-state index contributed by atoms with van der Waals surface area (Å²) >= 11 is 6.14. The van der Waals surface area contributed by atoms with Crippen molar-refractivity contribution in [1.82, 2.24) is 15.1 Å². The number of hydrogen-bond acceptors (Lipinski definition) is 4. The number of rotatable bonds is 10. The molecule has 1 N–H and O–H groups in total. The largest absolute Gasteiger partial charge is 0.494 e. The normalized spacial score (nSPS) is 13.6. The average molecular weight is 458 g/mol. The van der Waals surface area contributed by atoms with Crippen LogP contribution in [0.3, 0.4) is 0 Å². The first-order valence-electron chi connectivity index (χ1n) is 11.3. The molecule has 0 saturated carbocycles. The van der Waals surface area contributed by atoms with E-state index in [1.165, 1.54) is 0 Å². The van der Waals surface area contributed by atoms with Gasteiger partial charge in [-0.25, -0.2) is 0 Å². The molecule has 32 heavy (non-hydrogen) atoms. The second kappa shape index (κ2) is 12.5. The van der Waals surface area contributed by atoms with Gasteiger partial charge in [-0.1, -0.05) is 37.1 Å². The quantitative estimate of drug-likeness (QED) is 0.548. The number of piperazine rings is 1. The Morgan fingerprint density at radius 3 is 2.56 bits per heavy atom. The Bertz CT molecular complexity index is 882. The van der Waals surface area contributed by atoms with Crippen molar-refractivity contribution in [3.63, 3.8) is 0 Å². The van der Waals surface area contributed by atoms with Crippen molar-refractivity contribution in [3.8, 4) is 5.75 Å². The van der Waals surface area contributed by atoms with Crippen molar-refractivity contribution in [1.29, 1.82) is 0 Å². The standard InChI is InChI=1S/C25H32ClN3O3/c1-2-3-17-32-23-9-7-21(8-10-23)25(31)29(19-20-5-4-6-22(26)18-20)14-11-24(30)28-15-12-27-13-16-28/h4-10,18,27H,2-3,11-17,19H2,1H3. The van der Waals surface area contributed by atoms with Gasteiger partial charge in [0.15, 0.2) is 0 Å². The molecule has 0 unspecified atom stereocenters. The summed E-state index contributed by atoms with van der Waals surface area (Å²) in [5.41, 5.74) is 1.50. The molecular weight excluding hydrogens is 426 g/mol. The van der Waals surface area contributed by atoms with Crippen LogP contribution in [0.5, 0.6) is 5.75 Å². The number of unbranched alkanes of at least 4 members (excludes halogenated alkanes) is 1. The van der Waals surface area contributed by atoms with Crippen molar-refractivity contribution in [2.45, 2.75) is 32.7 Å². The first-order valence-corrected chi connectivity index (χ1v) is 11.7. The molecular formula is C25H32ClN3O3. The zero-order valence-electron chi connectivity index (χ0n) is 18.7. The maximum atomic E-state index is 13.3. The fourth-order valence-electron chi connectivity index (χ4n) is 3.62. The number of carbonyl (C=O) groups excluding carboxylic acids is 2. The van der Waals surface area contributed by atoms with Crippen LogP contribution in [0.4, 0.5) is 0 Å². The molecule has 0 atom stereocenters. The molecule has 1 heterocycles. The highest BCUT2D eigenvalue weighted by Gasteiger charge is 2.21. The minimum absolute atomic E-state index is 0.0788. The molecule has 1 fully saturated rings. The van der Waals surface area contributed by atoms with Gasteiger partial charge in [0.25, 0.3) is 5.91 Å². The van der Waals surface area contributed by atoms with Crippen LogP contribution in [0.15, 0.2) is 48.5 Å². The molecule has 7 heteroatoms. The van der Waals surface area contributed by atoms with Gasteiger partial charge in [0.05, 0.1) is 6.61 Å². The van der Waals surface area contributed by atoms with E-state index in [0.29, 0.717) is 49.8 Å². The topological polar surface area (TPSA) is 61.9 Å². The van der Waals surface area contributed by atoms with Gasteiger partial charge in [-0.15, -0.1) is 0 Å². The number of halogens is 1. The van der Waals surface area contributed by atoms with Crippen molar-refractivity contribution < 1.29 is 14.3 Å². The molecule has 0 aromatic heterocycles. The lowest BCUT2D eigenvalue weighted by molar-refractivity contribution is -0.132. The fourth-order valence-corrected chi connectivity index (χ4v) is 3.83. The van der Waals surface area contributed by atoms with Crippen molar-refractivity contribution in [2.24, 2.45) is 0 Å². The second-order valence-electron chi connectivity index (χ2n) is 7.96. The van der Waals surface area contributed by atoms with Gasteiger partial charge in [-0.3, -0.25) is 9.59 Å². The number of hydrogen-bond donors (Lipinski definition) is 1. The Labute approximate surface area is 195 Å². The van der Waals surface area contributed by atoms with Gasteiger partial charge < -0.3 is 19.9 Å². The summed E-state index contributed by atoms with van der Waals surface area (Å²) in [6.45, 7) is 6.56. The molecule has 0 radical (unpaired) electrons. The van der Waals surface area contributed by atoms with E-state index in [9.17, 15) is 9.59 Å². The van der Waals surface area contributed by atoms with Gasteiger partial charge in [-0.05, 0) is 48.4 Å². The molecule has 2 aromatic rings. The fraction of sp³-hybridized carbons (Fsp3) is 0.440. The van der Waals surface area contributed by atoms with Gasteiger partial charge in [0, 0.05) is 56.3 Å². The first-order chi connectivity index (χ1) is 15.6. The van der Waals surface area contributed by atoms with Crippen LogP contribution in [0.1, 0.15) is 42.1 Å². The van der Waals surface area contributed by atoms with Crippen LogP contribution < -0.4 is 10.1 Å². The molecule has 2 amide bonds. The van der Waals surface area contributed by atoms with Crippen LogP contribution in [0.2, 0.25) is 5.02 Å². The maximum absolute atomic E-state index is 13.3. The summed E-state index contributed by atoms with van der Waals surface area (Å²) in [5.74, 6) is 0.721. The Morgan fingerprint density at radius 1 is 1.12 bits per heavy atom. The van der Waals surface area contributed by atoms with Gasteiger partial charge in [0.2, 0.25) is 5.91 Å². The van der Waals surface area contributed by atoms with Crippen LogP contribution in [0.25, 0.3) is 0 Å². The Balaban J connectivity index is 1.68. The molecule has 0 bridgehead atoms. The number of nitrogens with one attached hydrogen (secondary N) is 1. The molecule has 0 spiro atoms. The molecule has 2 aromatic carbocycles. The minimum atomic E-state index is -0.113. The number of carbonyl (C=O) groups is 2. The molecule has 1 aliphatic heterocycles. The number of nitrogens with zero attached hydrogens (tertiary/aromatic N) is 2. The zero-order chi connectivity index (χ0) is 22.8. The predicted molar refractivity (Wildman–Crippen MR) is 127 cm³/mol. The van der Waals surface area contributed by atoms with Crippen molar-refractivity contribution in [3.05, 3.63) is 64.7 Å². The third-order valence-corrected chi connectivity index (χ3v) is 5.72. The van der Waals surface area contributed by atoms with E-state index in [0.717, 1.165) is 37.2 Å². The first kappa shape index (κ1) is 24.1. The molecule has 1 aliphatic rings. The average Bonchev–Trinajstić information content (AvgIpc) is 2.82. The summed E-state index contributed by atoms with van der Waals surface area (Å²) in [6.07, 6.45) is 2.36. The van der Waals surface area contributed by atoms with Crippen LogP contribution in [-0.2, 0) is 11.3 Å². The van der Waals surface area contributed by atoms with Crippen LogP contribution in [-0.4, -0.2) is 60.9 Å². The van der Waals surface area contributed by atoms with E-state index < -0.39 is 0 Å². The van der Waals surface area contributed by atoms with E-state index in [4.69, 9.17) is 16.3 Å². The summed E-state index contributed by atoms with van der Waals surface area (Å²) in [5, 5.41) is 3.88. The highest BCUT2D eigenvalue weighted by molar-refractivity contribution is 6.30. The van der Waals surface area contributed by atoms with E-state index in [1.807, 2.05) is 41.3 Å². The number of benzene rings is 2. The highest BCUT2D eigenvalue weighted by Crippen LogP contribution is 2.18. The summed E-state index contributed by atoms with van der Waals surface area (Å²) < 4.78 is 5.70. The molecule has 0 aliphatic carbocycles. The van der Waals surface area contributed by atoms with E-state index >= 15 is 0 Å². The smallest absolute Gasteiger partial charge is 0.254 e. The lowest BCUT2D eigenvalue weighted by atomic mass is 10.1. The molecule has 1 saturated heterocycles. The highest BCUT2D eigenvalue weighted by atomic mass is 35.5.